The largest absolute Gasteiger partial charge is 0.486 e. The molecule has 10 heteroatoms. The molecular formula is C21H12F3N3O3S. The average Bonchev–Trinajstić information content (AvgIpc) is 3.39. The van der Waals surface area contributed by atoms with E-state index in [-0.39, 0.29) is 35.0 Å². The number of halogens is 3. The fraction of sp³-hybridized carbons (Fsp3) is 0.0952. The van der Waals surface area contributed by atoms with Gasteiger partial charge in [-0.05, 0) is 41.8 Å². The van der Waals surface area contributed by atoms with Crippen molar-refractivity contribution in [3.63, 3.8) is 0 Å². The van der Waals surface area contributed by atoms with Crippen LogP contribution in [0.25, 0.3) is 6.08 Å². The molecule has 1 aromatic carbocycles. The number of hydrogen-bond acceptors (Lipinski definition) is 6. The molecule has 0 bridgehead atoms. The Labute approximate surface area is 178 Å². The normalized spacial score (nSPS) is 11.5. The van der Waals surface area contributed by atoms with E-state index >= 15 is 0 Å². The summed E-state index contributed by atoms with van der Waals surface area (Å²) in [6.45, 7) is -0.149. The second-order valence-corrected chi connectivity index (χ2v) is 6.93. The molecule has 0 aliphatic carbocycles. The predicted molar refractivity (Wildman–Crippen MR) is 106 cm³/mol. The van der Waals surface area contributed by atoms with E-state index in [0.29, 0.717) is 5.00 Å². The molecule has 31 heavy (non-hydrogen) atoms. The number of nitrogens with zero attached hydrogens (tertiary/aromatic N) is 2. The van der Waals surface area contributed by atoms with Crippen LogP contribution in [0.3, 0.4) is 0 Å². The maximum atomic E-state index is 12.8. The third kappa shape index (κ3) is 5.53. The zero-order chi connectivity index (χ0) is 22.4. The van der Waals surface area contributed by atoms with Crippen LogP contribution in [-0.4, -0.2) is 5.91 Å². The van der Waals surface area contributed by atoms with Gasteiger partial charge in [0.05, 0.1) is 11.1 Å². The lowest BCUT2D eigenvalue weighted by Crippen LogP contribution is -2.13. The quantitative estimate of drug-likeness (QED) is 0.409. The Kier molecular flexibility index (Phi) is 6.43. The summed E-state index contributed by atoms with van der Waals surface area (Å²) in [5.74, 6) is -0.225. The van der Waals surface area contributed by atoms with Crippen molar-refractivity contribution in [2.24, 2.45) is 0 Å². The van der Waals surface area contributed by atoms with Crippen molar-refractivity contribution < 1.29 is 27.1 Å². The molecule has 156 valence electrons. The molecule has 3 rings (SSSR count). The zero-order valence-corrected chi connectivity index (χ0v) is 16.4. The number of anilines is 1. The monoisotopic (exact) mass is 443 g/mol. The highest BCUT2D eigenvalue weighted by atomic mass is 32.1. The number of hydrogen-bond donors (Lipinski definition) is 1. The molecular weight excluding hydrogens is 431 g/mol. The first-order valence-electron chi connectivity index (χ1n) is 8.59. The van der Waals surface area contributed by atoms with Gasteiger partial charge in [0.2, 0.25) is 0 Å². The molecule has 1 N–H and O–H groups in total. The van der Waals surface area contributed by atoms with E-state index in [4.69, 9.17) is 14.4 Å². The second kappa shape index (κ2) is 9.20. The van der Waals surface area contributed by atoms with E-state index in [1.807, 2.05) is 6.07 Å². The van der Waals surface area contributed by atoms with Crippen LogP contribution >= 0.6 is 11.3 Å². The third-order valence-corrected chi connectivity index (χ3v) is 4.72. The number of thiophene rings is 1. The van der Waals surface area contributed by atoms with Crippen molar-refractivity contribution in [3.8, 4) is 17.9 Å². The first-order valence-corrected chi connectivity index (χ1v) is 9.47. The number of ether oxygens (including phenoxy) is 1. The van der Waals surface area contributed by atoms with Crippen LogP contribution in [0.4, 0.5) is 18.2 Å². The van der Waals surface area contributed by atoms with Gasteiger partial charge in [0.25, 0.3) is 5.91 Å². The summed E-state index contributed by atoms with van der Waals surface area (Å²) in [6, 6.07) is 12.7. The number of nitrogens with one attached hydrogen (secondary N) is 1. The lowest BCUT2D eigenvalue weighted by molar-refractivity contribution is -0.137. The number of carbonyl (C=O) groups is 1. The number of rotatable bonds is 6. The Balaban J connectivity index is 1.67. The first kappa shape index (κ1) is 21.7. The maximum absolute atomic E-state index is 12.8. The van der Waals surface area contributed by atoms with Crippen molar-refractivity contribution in [1.82, 2.24) is 0 Å². The second-order valence-electron chi connectivity index (χ2n) is 6.02. The molecule has 6 nitrogen and oxygen atoms in total. The van der Waals surface area contributed by atoms with Gasteiger partial charge in [-0.25, -0.2) is 0 Å². The Morgan fingerprint density at radius 1 is 1.23 bits per heavy atom. The molecule has 0 spiro atoms. The van der Waals surface area contributed by atoms with Gasteiger partial charge in [0, 0.05) is 6.08 Å². The Hall–Kier alpha value is -4.02. The fourth-order valence-electron chi connectivity index (χ4n) is 2.42. The number of alkyl halides is 3. The van der Waals surface area contributed by atoms with Gasteiger partial charge < -0.3 is 14.5 Å². The van der Waals surface area contributed by atoms with Gasteiger partial charge in [-0.3, -0.25) is 4.79 Å². The SMILES string of the molecule is N#CC(=Cc1ccc(COc2cccc(C(F)(F)F)c2)o1)C(=O)Nc1sccc1C#N. The minimum Gasteiger partial charge on any atom is -0.486 e. The van der Waals surface area contributed by atoms with Crippen LogP contribution in [-0.2, 0) is 17.6 Å². The van der Waals surface area contributed by atoms with Crippen LogP contribution < -0.4 is 10.1 Å². The molecule has 0 saturated heterocycles. The molecule has 3 aromatic rings. The summed E-state index contributed by atoms with van der Waals surface area (Å²) in [4.78, 5) is 12.3. The molecule has 0 fully saturated rings. The number of amides is 1. The topological polar surface area (TPSA) is 99.0 Å². The maximum Gasteiger partial charge on any atom is 0.416 e. The average molecular weight is 443 g/mol. The molecule has 0 unspecified atom stereocenters. The van der Waals surface area contributed by atoms with E-state index in [1.165, 1.54) is 30.3 Å². The Morgan fingerprint density at radius 2 is 2.03 bits per heavy atom. The fourth-order valence-corrected chi connectivity index (χ4v) is 3.15. The van der Waals surface area contributed by atoms with Gasteiger partial charge in [-0.1, -0.05) is 6.07 Å². The van der Waals surface area contributed by atoms with Crippen molar-refractivity contribution >= 4 is 28.3 Å². The highest BCUT2D eigenvalue weighted by Gasteiger charge is 2.30. The highest BCUT2D eigenvalue weighted by Crippen LogP contribution is 2.31. The molecule has 0 radical (unpaired) electrons. The molecule has 0 aliphatic rings. The first-order chi connectivity index (χ1) is 14.8. The Bertz CT molecular complexity index is 1210. The van der Waals surface area contributed by atoms with Gasteiger partial charge in [0.15, 0.2) is 0 Å². The van der Waals surface area contributed by atoms with Gasteiger partial charge in [-0.15, -0.1) is 11.3 Å². The lowest BCUT2D eigenvalue weighted by atomic mass is 10.2. The summed E-state index contributed by atoms with van der Waals surface area (Å²) in [5, 5.41) is 22.7. The predicted octanol–water partition coefficient (Wildman–Crippen LogP) is 5.36. The van der Waals surface area contributed by atoms with Crippen LogP contribution in [0.1, 0.15) is 22.6 Å². The van der Waals surface area contributed by atoms with Crippen molar-refractivity contribution in [3.05, 3.63) is 76.1 Å². The Morgan fingerprint density at radius 3 is 2.74 bits per heavy atom. The van der Waals surface area contributed by atoms with Gasteiger partial charge in [-0.2, -0.15) is 23.7 Å². The van der Waals surface area contributed by atoms with Gasteiger partial charge >= 0.3 is 6.18 Å². The summed E-state index contributed by atoms with van der Waals surface area (Å²) < 4.78 is 49.1. The summed E-state index contributed by atoms with van der Waals surface area (Å²) in [6.07, 6.45) is -3.27. The molecule has 1 amide bonds. The van der Waals surface area contributed by atoms with E-state index in [1.54, 1.807) is 17.5 Å². The summed E-state index contributed by atoms with van der Waals surface area (Å²) >= 11 is 1.15. The summed E-state index contributed by atoms with van der Waals surface area (Å²) in [5.41, 5.74) is -0.803. The van der Waals surface area contributed by atoms with Crippen molar-refractivity contribution in [1.29, 1.82) is 10.5 Å². The van der Waals surface area contributed by atoms with E-state index in [2.05, 4.69) is 5.32 Å². The van der Waals surface area contributed by atoms with Gasteiger partial charge in [0.1, 0.15) is 46.6 Å². The molecule has 0 aliphatic heterocycles. The zero-order valence-electron chi connectivity index (χ0n) is 15.6. The smallest absolute Gasteiger partial charge is 0.416 e. The number of carbonyl (C=O) groups excluding carboxylic acids is 1. The van der Waals surface area contributed by atoms with E-state index in [9.17, 15) is 23.2 Å². The molecule has 2 aromatic heterocycles. The van der Waals surface area contributed by atoms with Crippen LogP contribution in [0.2, 0.25) is 0 Å². The highest BCUT2D eigenvalue weighted by molar-refractivity contribution is 7.14. The van der Waals surface area contributed by atoms with E-state index < -0.39 is 17.6 Å². The molecule has 0 saturated carbocycles. The lowest BCUT2D eigenvalue weighted by Gasteiger charge is -2.09. The molecule has 0 atom stereocenters. The number of furan rings is 1. The third-order valence-electron chi connectivity index (χ3n) is 3.89. The molecule has 2 heterocycles. The van der Waals surface area contributed by atoms with E-state index in [0.717, 1.165) is 23.5 Å². The standard InChI is InChI=1S/C21H12F3N3O3S/c22-21(23,24)15-2-1-3-16(9-15)29-12-18-5-4-17(30-18)8-14(11-26)19(28)27-20-13(10-25)6-7-31-20/h1-9H,12H2,(H,27,28). The van der Waals surface area contributed by atoms with Crippen molar-refractivity contribution in [2.45, 2.75) is 12.8 Å². The van der Waals surface area contributed by atoms with Crippen LogP contribution in [0.15, 0.2) is 57.8 Å². The minimum atomic E-state index is -4.48. The minimum absolute atomic E-state index is 0.0182. The van der Waals surface area contributed by atoms with Crippen LogP contribution in [0.5, 0.6) is 5.75 Å². The number of benzene rings is 1. The summed E-state index contributed by atoms with van der Waals surface area (Å²) in [7, 11) is 0. The van der Waals surface area contributed by atoms with Crippen LogP contribution in [0, 0.1) is 22.7 Å². The number of nitriles is 2. The van der Waals surface area contributed by atoms with Crippen molar-refractivity contribution in [2.75, 3.05) is 5.32 Å².